The van der Waals surface area contributed by atoms with E-state index in [4.69, 9.17) is 28.3 Å². The molecule has 3 N–H and O–H groups in total. The summed E-state index contributed by atoms with van der Waals surface area (Å²) in [4.78, 5) is 10.1. The lowest BCUT2D eigenvalue weighted by molar-refractivity contribution is -0.384. The van der Waals surface area contributed by atoms with Crippen LogP contribution in [0.4, 0.5) is 11.4 Å². The molecule has 0 aliphatic rings. The number of nitrogens with two attached hydrogens (primary N) is 1. The highest BCUT2D eigenvalue weighted by Crippen LogP contribution is 2.29. The van der Waals surface area contributed by atoms with Crippen LogP contribution in [-0.4, -0.2) is 17.9 Å². The molecule has 0 saturated heterocycles. The average molecular weight is 379 g/mol. The predicted octanol–water partition coefficient (Wildman–Crippen LogP) is 2.50. The monoisotopic (exact) mass is 378 g/mol. The second-order valence-corrected chi connectivity index (χ2v) is 6.99. The second kappa shape index (κ2) is 6.36. The van der Waals surface area contributed by atoms with Crippen LogP contribution < -0.4 is 10.5 Å². The number of nitrogens with one attached hydrogen (secondary N) is 1. The van der Waals surface area contributed by atoms with E-state index in [-0.39, 0.29) is 17.1 Å². The third-order valence-electron chi connectivity index (χ3n) is 3.17. The Bertz CT molecular complexity index is 879. The molecule has 8 nitrogen and oxygen atoms in total. The minimum atomic E-state index is -4.02. The number of sulfonamides is 1. The summed E-state index contributed by atoms with van der Waals surface area (Å²) in [6.07, 6.45) is 0. The normalized spacial score (nSPS) is 11.5. The standard InChI is InChI=1S/C12H12Cl2N4O4S/c1-17-7(4-9(13)12(17)14)6-16-10-3-2-8(23(15,21)22)5-11(10)18(19)20/h2-5,16H,6H2,1H3,(H2,15,21,22). The average Bonchev–Trinajstić information content (AvgIpc) is 2.71. The van der Waals surface area contributed by atoms with Crippen molar-refractivity contribution in [1.82, 2.24) is 4.57 Å². The van der Waals surface area contributed by atoms with Gasteiger partial charge in [-0.05, 0) is 18.2 Å². The molecule has 1 aromatic carbocycles. The number of halogens is 2. The van der Waals surface area contributed by atoms with Gasteiger partial charge < -0.3 is 9.88 Å². The molecule has 0 unspecified atom stereocenters. The van der Waals surface area contributed by atoms with Gasteiger partial charge in [-0.25, -0.2) is 13.6 Å². The van der Waals surface area contributed by atoms with Gasteiger partial charge in [0, 0.05) is 18.8 Å². The minimum Gasteiger partial charge on any atom is -0.374 e. The molecule has 2 rings (SSSR count). The number of aromatic nitrogens is 1. The van der Waals surface area contributed by atoms with Gasteiger partial charge in [-0.2, -0.15) is 0 Å². The predicted molar refractivity (Wildman–Crippen MR) is 87.2 cm³/mol. The summed E-state index contributed by atoms with van der Waals surface area (Å²) >= 11 is 11.8. The lowest BCUT2D eigenvalue weighted by Gasteiger charge is -2.09. The Labute approximate surface area is 142 Å². The van der Waals surface area contributed by atoms with Crippen LogP contribution >= 0.6 is 23.2 Å². The zero-order valence-corrected chi connectivity index (χ0v) is 14.1. The summed E-state index contributed by atoms with van der Waals surface area (Å²) in [7, 11) is -2.32. The van der Waals surface area contributed by atoms with Gasteiger partial charge in [-0.3, -0.25) is 10.1 Å². The summed E-state index contributed by atoms with van der Waals surface area (Å²) in [5, 5.41) is 19.7. The molecule has 0 atom stereocenters. The van der Waals surface area contributed by atoms with E-state index in [0.717, 1.165) is 6.07 Å². The first-order valence-electron chi connectivity index (χ1n) is 6.16. The molecule has 124 valence electrons. The smallest absolute Gasteiger partial charge is 0.293 e. The summed E-state index contributed by atoms with van der Waals surface area (Å²) in [6, 6.07) is 5.00. The first kappa shape index (κ1) is 17.5. The molecule has 0 saturated carbocycles. The molecular weight excluding hydrogens is 367 g/mol. The van der Waals surface area contributed by atoms with Crippen molar-refractivity contribution in [2.45, 2.75) is 11.4 Å². The molecule has 0 aliphatic heterocycles. The van der Waals surface area contributed by atoms with Gasteiger partial charge in [-0.1, -0.05) is 23.2 Å². The van der Waals surface area contributed by atoms with E-state index in [1.807, 2.05) is 0 Å². The van der Waals surface area contributed by atoms with Crippen molar-refractivity contribution in [2.75, 3.05) is 5.32 Å². The topological polar surface area (TPSA) is 120 Å². The molecule has 0 spiro atoms. The number of hydrogen-bond donors (Lipinski definition) is 2. The molecule has 0 aliphatic carbocycles. The maximum absolute atomic E-state index is 11.3. The van der Waals surface area contributed by atoms with Gasteiger partial charge in [0.15, 0.2) is 0 Å². The summed E-state index contributed by atoms with van der Waals surface area (Å²) in [6.45, 7) is 0.207. The van der Waals surface area contributed by atoms with E-state index >= 15 is 0 Å². The second-order valence-electron chi connectivity index (χ2n) is 4.67. The summed E-state index contributed by atoms with van der Waals surface area (Å²) in [5.74, 6) is 0. The molecule has 2 aromatic rings. The van der Waals surface area contributed by atoms with Crippen molar-refractivity contribution < 1.29 is 13.3 Å². The van der Waals surface area contributed by atoms with Crippen LogP contribution in [0.15, 0.2) is 29.2 Å². The first-order chi connectivity index (χ1) is 10.6. The summed E-state index contributed by atoms with van der Waals surface area (Å²) in [5.41, 5.74) is 0.448. The van der Waals surface area contributed by atoms with Crippen molar-refractivity contribution in [2.24, 2.45) is 12.2 Å². The van der Waals surface area contributed by atoms with Crippen LogP contribution in [0, 0.1) is 10.1 Å². The van der Waals surface area contributed by atoms with Crippen molar-refractivity contribution in [3.8, 4) is 0 Å². The van der Waals surface area contributed by atoms with Crippen LogP contribution in [0.5, 0.6) is 0 Å². The van der Waals surface area contributed by atoms with Gasteiger partial charge in [0.25, 0.3) is 5.69 Å². The first-order valence-corrected chi connectivity index (χ1v) is 8.46. The number of nitrogens with zero attached hydrogens (tertiary/aromatic N) is 2. The Morgan fingerprint density at radius 1 is 1.35 bits per heavy atom. The molecule has 23 heavy (non-hydrogen) atoms. The molecule has 0 bridgehead atoms. The molecule has 1 heterocycles. The molecule has 0 radical (unpaired) electrons. The van der Waals surface area contributed by atoms with Gasteiger partial charge in [0.1, 0.15) is 10.8 Å². The van der Waals surface area contributed by atoms with Crippen molar-refractivity contribution >= 4 is 44.6 Å². The number of rotatable bonds is 5. The number of nitro benzene ring substituents is 1. The van der Waals surface area contributed by atoms with Crippen LogP contribution in [0.1, 0.15) is 5.69 Å². The lowest BCUT2D eigenvalue weighted by atomic mass is 10.2. The maximum atomic E-state index is 11.3. The molecule has 0 fully saturated rings. The SMILES string of the molecule is Cn1c(CNc2ccc(S(N)(=O)=O)cc2[N+](=O)[O-])cc(Cl)c1Cl. The van der Waals surface area contributed by atoms with Gasteiger partial charge in [0.2, 0.25) is 10.0 Å². The molecule has 1 aromatic heterocycles. The third kappa shape index (κ3) is 3.75. The Kier molecular flexibility index (Phi) is 4.85. The van der Waals surface area contributed by atoms with Crippen molar-refractivity contribution in [3.05, 3.63) is 50.2 Å². The lowest BCUT2D eigenvalue weighted by Crippen LogP contribution is -2.13. The summed E-state index contributed by atoms with van der Waals surface area (Å²) < 4.78 is 24.2. The van der Waals surface area contributed by atoms with Crippen molar-refractivity contribution in [3.63, 3.8) is 0 Å². The Balaban J connectivity index is 2.32. The Hall–Kier alpha value is -1.81. The van der Waals surface area contributed by atoms with E-state index in [2.05, 4.69) is 5.32 Å². The largest absolute Gasteiger partial charge is 0.374 e. The van der Waals surface area contributed by atoms with Gasteiger partial charge in [-0.15, -0.1) is 0 Å². The third-order valence-corrected chi connectivity index (χ3v) is 4.92. The van der Waals surface area contributed by atoms with E-state index in [0.29, 0.717) is 15.9 Å². The highest BCUT2D eigenvalue weighted by molar-refractivity contribution is 7.89. The Morgan fingerprint density at radius 3 is 2.48 bits per heavy atom. The maximum Gasteiger partial charge on any atom is 0.293 e. The number of nitro groups is 1. The highest BCUT2D eigenvalue weighted by Gasteiger charge is 2.19. The van der Waals surface area contributed by atoms with E-state index in [9.17, 15) is 18.5 Å². The number of hydrogen-bond acceptors (Lipinski definition) is 5. The van der Waals surface area contributed by atoms with E-state index in [1.165, 1.54) is 12.1 Å². The van der Waals surface area contributed by atoms with Crippen LogP contribution in [0.25, 0.3) is 0 Å². The highest BCUT2D eigenvalue weighted by atomic mass is 35.5. The minimum absolute atomic E-state index is 0.149. The zero-order chi connectivity index (χ0) is 17.4. The van der Waals surface area contributed by atoms with Crippen LogP contribution in [0.2, 0.25) is 10.2 Å². The van der Waals surface area contributed by atoms with Crippen LogP contribution in [0.3, 0.4) is 0 Å². The van der Waals surface area contributed by atoms with Gasteiger partial charge in [0.05, 0.1) is 21.4 Å². The number of benzene rings is 1. The zero-order valence-electron chi connectivity index (χ0n) is 11.8. The van der Waals surface area contributed by atoms with E-state index in [1.54, 1.807) is 17.7 Å². The Morgan fingerprint density at radius 2 is 2.00 bits per heavy atom. The van der Waals surface area contributed by atoms with Crippen molar-refractivity contribution in [1.29, 1.82) is 0 Å². The fourth-order valence-corrected chi connectivity index (χ4v) is 2.88. The molecular formula is C12H12Cl2N4O4S. The van der Waals surface area contributed by atoms with E-state index < -0.39 is 20.6 Å². The van der Waals surface area contributed by atoms with Gasteiger partial charge >= 0.3 is 0 Å². The number of anilines is 1. The molecule has 0 amide bonds. The fourth-order valence-electron chi connectivity index (χ4n) is 1.93. The molecule has 11 heteroatoms. The number of primary sulfonamides is 1. The van der Waals surface area contributed by atoms with Crippen LogP contribution in [-0.2, 0) is 23.6 Å². The fraction of sp³-hybridized carbons (Fsp3) is 0.167. The quantitative estimate of drug-likeness (QED) is 0.611.